The first-order valence-corrected chi connectivity index (χ1v) is 8.79. The summed E-state index contributed by atoms with van der Waals surface area (Å²) in [5.41, 5.74) is 0.580. The van der Waals surface area contributed by atoms with Crippen LogP contribution in [0.15, 0.2) is 72.8 Å². The molecule has 3 aromatic carbocycles. The average Bonchev–Trinajstić information content (AvgIpc) is 2.71. The van der Waals surface area contributed by atoms with Gasteiger partial charge in [-0.25, -0.2) is 0 Å². The Bertz CT molecular complexity index is 1030. The minimum absolute atomic E-state index is 0.473. The first kappa shape index (κ1) is 21.5. The number of methoxy groups -OCH3 is 1. The van der Waals surface area contributed by atoms with Crippen LogP contribution >= 0.6 is 0 Å². The first-order valence-electron chi connectivity index (χ1n) is 8.79. The molecule has 0 N–H and O–H groups in total. The Balaban J connectivity index is 2.09. The third kappa shape index (κ3) is 5.03. The van der Waals surface area contributed by atoms with Crippen LogP contribution in [0.25, 0.3) is 11.6 Å². The number of rotatable bonds is 4. The zero-order valence-electron chi connectivity index (χ0n) is 15.7. The van der Waals surface area contributed by atoms with Crippen molar-refractivity contribution in [1.29, 1.82) is 0 Å². The number of benzene rings is 3. The van der Waals surface area contributed by atoms with E-state index in [0.29, 0.717) is 28.0 Å². The monoisotopic (exact) mass is 422 g/mol. The van der Waals surface area contributed by atoms with Gasteiger partial charge >= 0.3 is 12.4 Å². The van der Waals surface area contributed by atoms with Gasteiger partial charge in [-0.1, -0.05) is 36.4 Å². The van der Waals surface area contributed by atoms with Crippen molar-refractivity contribution in [3.63, 3.8) is 0 Å². The lowest BCUT2D eigenvalue weighted by molar-refractivity contribution is -0.138. The van der Waals surface area contributed by atoms with Crippen molar-refractivity contribution in [3.8, 4) is 5.75 Å². The molecule has 3 aromatic rings. The van der Waals surface area contributed by atoms with Gasteiger partial charge in [-0.05, 0) is 64.7 Å². The molecule has 0 aliphatic rings. The molecule has 0 aromatic heterocycles. The van der Waals surface area contributed by atoms with Gasteiger partial charge in [0.25, 0.3) is 0 Å². The topological polar surface area (TPSA) is 9.23 Å². The number of ether oxygens (including phenoxy) is 1. The number of hydrogen-bond donors (Lipinski definition) is 0. The maximum Gasteiger partial charge on any atom is 0.416 e. The van der Waals surface area contributed by atoms with Gasteiger partial charge in [0, 0.05) is 0 Å². The lowest BCUT2D eigenvalue weighted by atomic mass is 9.94. The molecule has 0 unspecified atom stereocenters. The largest absolute Gasteiger partial charge is 0.497 e. The van der Waals surface area contributed by atoms with Gasteiger partial charge in [0.15, 0.2) is 0 Å². The smallest absolute Gasteiger partial charge is 0.416 e. The standard InChI is InChI=1S/C23H16F6O/c1-30-20-4-2-3-17(14-20)21(16-7-11-19(12-8-16)23(27,28)29)13-15-5-9-18(10-6-15)22(24,25)26/h2-14H,1H3/b21-13+. The fourth-order valence-electron chi connectivity index (χ4n) is 2.90. The zero-order valence-corrected chi connectivity index (χ0v) is 15.7. The van der Waals surface area contributed by atoms with Crippen LogP contribution in [0.2, 0.25) is 0 Å². The molecule has 0 heterocycles. The molecular weight excluding hydrogens is 406 g/mol. The summed E-state index contributed by atoms with van der Waals surface area (Å²) in [5.74, 6) is 0.540. The van der Waals surface area contributed by atoms with Crippen molar-refractivity contribution in [2.45, 2.75) is 12.4 Å². The third-order valence-electron chi connectivity index (χ3n) is 4.45. The van der Waals surface area contributed by atoms with Gasteiger partial charge in [-0.2, -0.15) is 26.3 Å². The van der Waals surface area contributed by atoms with Gasteiger partial charge in [-0.15, -0.1) is 0 Å². The highest BCUT2D eigenvalue weighted by molar-refractivity contribution is 5.91. The Labute approximate surface area is 169 Å². The minimum atomic E-state index is -4.47. The molecule has 0 saturated heterocycles. The Morgan fingerprint density at radius 1 is 0.700 bits per heavy atom. The molecule has 0 radical (unpaired) electrons. The van der Waals surface area contributed by atoms with Crippen molar-refractivity contribution < 1.29 is 31.1 Å². The van der Waals surface area contributed by atoms with Crippen LogP contribution in [-0.4, -0.2) is 7.11 Å². The molecule has 0 saturated carbocycles. The normalized spacial score (nSPS) is 12.7. The summed E-state index contributed by atoms with van der Waals surface area (Å²) in [7, 11) is 1.48. The average molecular weight is 422 g/mol. The molecule has 0 aliphatic heterocycles. The maximum absolute atomic E-state index is 12.9. The number of halogens is 6. The van der Waals surface area contributed by atoms with E-state index in [1.165, 1.54) is 31.4 Å². The van der Waals surface area contributed by atoms with Crippen molar-refractivity contribution in [2.75, 3.05) is 7.11 Å². The minimum Gasteiger partial charge on any atom is -0.497 e. The van der Waals surface area contributed by atoms with Gasteiger partial charge in [0.2, 0.25) is 0 Å². The van der Waals surface area contributed by atoms with Gasteiger partial charge in [-0.3, -0.25) is 0 Å². The highest BCUT2D eigenvalue weighted by Crippen LogP contribution is 2.34. The number of alkyl halides is 6. The van der Waals surface area contributed by atoms with Gasteiger partial charge < -0.3 is 4.74 Å². The zero-order chi connectivity index (χ0) is 21.9. The summed E-state index contributed by atoms with van der Waals surface area (Å²) >= 11 is 0. The van der Waals surface area contributed by atoms with E-state index >= 15 is 0 Å². The fraction of sp³-hybridized carbons (Fsp3) is 0.130. The van der Waals surface area contributed by atoms with E-state index in [4.69, 9.17) is 4.74 Å². The SMILES string of the molecule is COc1cccc(/C(=C/c2ccc(C(F)(F)F)cc2)c2ccc(C(F)(F)F)cc2)c1. The lowest BCUT2D eigenvalue weighted by Gasteiger charge is -2.13. The summed E-state index contributed by atoms with van der Waals surface area (Å²) in [4.78, 5) is 0. The van der Waals surface area contributed by atoms with Crippen LogP contribution in [0.3, 0.4) is 0 Å². The molecule has 0 atom stereocenters. The van der Waals surface area contributed by atoms with Crippen LogP contribution in [-0.2, 0) is 12.4 Å². The summed E-state index contributed by atoms with van der Waals surface area (Å²) < 4.78 is 82.3. The van der Waals surface area contributed by atoms with E-state index in [1.807, 2.05) is 0 Å². The number of hydrogen-bond acceptors (Lipinski definition) is 1. The van der Waals surface area contributed by atoms with E-state index in [0.717, 1.165) is 24.3 Å². The highest BCUT2D eigenvalue weighted by Gasteiger charge is 2.30. The summed E-state index contributed by atoms with van der Waals surface area (Å²) in [6, 6.07) is 16.0. The van der Waals surface area contributed by atoms with Crippen molar-refractivity contribution >= 4 is 11.6 Å². The second-order valence-electron chi connectivity index (χ2n) is 6.48. The van der Waals surface area contributed by atoms with E-state index in [-0.39, 0.29) is 0 Å². The molecule has 0 spiro atoms. The van der Waals surface area contributed by atoms with E-state index in [1.54, 1.807) is 30.3 Å². The van der Waals surface area contributed by atoms with Crippen LogP contribution in [0.5, 0.6) is 5.75 Å². The molecule has 0 bridgehead atoms. The van der Waals surface area contributed by atoms with Gasteiger partial charge in [0.05, 0.1) is 18.2 Å². The van der Waals surface area contributed by atoms with Crippen LogP contribution in [0, 0.1) is 0 Å². The third-order valence-corrected chi connectivity index (χ3v) is 4.45. The summed E-state index contributed by atoms with van der Waals surface area (Å²) in [6.45, 7) is 0. The predicted octanol–water partition coefficient (Wildman–Crippen LogP) is 7.32. The Kier molecular flexibility index (Phi) is 5.92. The second-order valence-corrected chi connectivity index (χ2v) is 6.48. The summed E-state index contributed by atoms with van der Waals surface area (Å²) in [6.07, 6.45) is -7.30. The van der Waals surface area contributed by atoms with Crippen LogP contribution in [0.1, 0.15) is 27.8 Å². The second kappa shape index (κ2) is 8.26. The van der Waals surface area contributed by atoms with Crippen molar-refractivity contribution in [1.82, 2.24) is 0 Å². The van der Waals surface area contributed by atoms with Gasteiger partial charge in [0.1, 0.15) is 5.75 Å². The Morgan fingerprint density at radius 3 is 1.73 bits per heavy atom. The van der Waals surface area contributed by atoms with Crippen LogP contribution in [0.4, 0.5) is 26.3 Å². The molecule has 0 amide bonds. The molecule has 156 valence electrons. The summed E-state index contributed by atoms with van der Waals surface area (Å²) in [5, 5.41) is 0. The van der Waals surface area contributed by atoms with Crippen LogP contribution < -0.4 is 4.74 Å². The van der Waals surface area contributed by atoms with E-state index in [2.05, 4.69) is 0 Å². The van der Waals surface area contributed by atoms with E-state index in [9.17, 15) is 26.3 Å². The molecule has 0 fully saturated rings. The Morgan fingerprint density at radius 2 is 1.23 bits per heavy atom. The highest BCUT2D eigenvalue weighted by atomic mass is 19.4. The molecule has 7 heteroatoms. The predicted molar refractivity (Wildman–Crippen MR) is 103 cm³/mol. The molecule has 0 aliphatic carbocycles. The molecule has 1 nitrogen and oxygen atoms in total. The molecular formula is C23H16F6O. The molecule has 3 rings (SSSR count). The van der Waals surface area contributed by atoms with Crippen molar-refractivity contribution in [3.05, 3.63) is 101 Å². The Hall–Kier alpha value is -3.22. The maximum atomic E-state index is 12.9. The quantitative estimate of drug-likeness (QED) is 0.316. The fourth-order valence-corrected chi connectivity index (χ4v) is 2.90. The molecule has 30 heavy (non-hydrogen) atoms. The van der Waals surface area contributed by atoms with Crippen molar-refractivity contribution in [2.24, 2.45) is 0 Å². The first-order chi connectivity index (χ1) is 14.1. The van der Waals surface area contributed by atoms with E-state index < -0.39 is 23.5 Å². The lowest BCUT2D eigenvalue weighted by Crippen LogP contribution is -2.04.